The fourth-order valence-electron chi connectivity index (χ4n) is 3.04. The van der Waals surface area contributed by atoms with Crippen LogP contribution in [0, 0.1) is 5.92 Å². The molecule has 148 valence electrons. The number of carbonyl (C=O) groups is 3. The molecule has 2 amide bonds. The van der Waals surface area contributed by atoms with Gasteiger partial charge in [-0.1, -0.05) is 12.1 Å². The van der Waals surface area contributed by atoms with Crippen molar-refractivity contribution in [2.75, 3.05) is 32.1 Å². The highest BCUT2D eigenvalue weighted by Crippen LogP contribution is 2.23. The number of thiophene rings is 1. The molecule has 1 aliphatic heterocycles. The van der Waals surface area contributed by atoms with Crippen molar-refractivity contribution in [3.8, 4) is 5.75 Å². The number of ether oxygens (including phenoxy) is 2. The van der Waals surface area contributed by atoms with E-state index in [1.165, 1.54) is 18.4 Å². The van der Waals surface area contributed by atoms with Crippen molar-refractivity contribution in [2.45, 2.75) is 12.8 Å². The van der Waals surface area contributed by atoms with E-state index in [2.05, 4.69) is 10.1 Å². The number of carbonyl (C=O) groups excluding carboxylic acids is 3. The summed E-state index contributed by atoms with van der Waals surface area (Å²) >= 11 is 1.41. The Hall–Kier alpha value is -2.87. The Morgan fingerprint density at radius 1 is 1.25 bits per heavy atom. The lowest BCUT2D eigenvalue weighted by Gasteiger charge is -2.31. The van der Waals surface area contributed by atoms with Crippen molar-refractivity contribution in [3.05, 3.63) is 46.7 Å². The van der Waals surface area contributed by atoms with Crippen LogP contribution < -0.4 is 10.1 Å². The second-order valence-electron chi connectivity index (χ2n) is 6.45. The van der Waals surface area contributed by atoms with Gasteiger partial charge in [0.25, 0.3) is 5.91 Å². The summed E-state index contributed by atoms with van der Waals surface area (Å²) in [5.74, 6) is -0.440. The number of hydrogen-bond donors (Lipinski definition) is 1. The predicted molar refractivity (Wildman–Crippen MR) is 106 cm³/mol. The number of benzene rings is 1. The zero-order chi connectivity index (χ0) is 19.9. The first-order valence-corrected chi connectivity index (χ1v) is 9.88. The second-order valence-corrected chi connectivity index (χ2v) is 7.40. The van der Waals surface area contributed by atoms with Gasteiger partial charge in [-0.25, -0.2) is 4.79 Å². The molecule has 0 saturated carbocycles. The molecule has 0 bridgehead atoms. The Morgan fingerprint density at radius 2 is 2.11 bits per heavy atom. The highest BCUT2D eigenvalue weighted by atomic mass is 32.1. The zero-order valence-corrected chi connectivity index (χ0v) is 16.4. The smallest absolute Gasteiger partial charge is 0.343 e. The van der Waals surface area contributed by atoms with Gasteiger partial charge in [0.2, 0.25) is 5.91 Å². The molecular formula is C20H22N2O5S. The summed E-state index contributed by atoms with van der Waals surface area (Å²) in [5.41, 5.74) is 0.578. The first-order chi connectivity index (χ1) is 13.6. The summed E-state index contributed by atoms with van der Waals surface area (Å²) < 4.78 is 9.88. The lowest BCUT2D eigenvalue weighted by molar-refractivity contribution is -0.142. The van der Waals surface area contributed by atoms with Crippen LogP contribution in [0.1, 0.15) is 22.5 Å². The van der Waals surface area contributed by atoms with Crippen LogP contribution in [0.25, 0.3) is 0 Å². The maximum Gasteiger partial charge on any atom is 0.343 e. The summed E-state index contributed by atoms with van der Waals surface area (Å²) in [6, 6.07) is 10.5. The molecule has 1 unspecified atom stereocenters. The van der Waals surface area contributed by atoms with Crippen LogP contribution >= 0.6 is 11.3 Å². The molecule has 1 aliphatic rings. The van der Waals surface area contributed by atoms with E-state index < -0.39 is 5.97 Å². The van der Waals surface area contributed by atoms with Crippen molar-refractivity contribution in [1.82, 2.24) is 4.90 Å². The minimum atomic E-state index is -0.479. The monoisotopic (exact) mass is 402 g/mol. The van der Waals surface area contributed by atoms with Gasteiger partial charge in [0.05, 0.1) is 17.9 Å². The normalized spacial score (nSPS) is 16.3. The van der Waals surface area contributed by atoms with Gasteiger partial charge in [0.1, 0.15) is 5.75 Å². The van der Waals surface area contributed by atoms with E-state index in [0.29, 0.717) is 29.4 Å². The Bertz CT molecular complexity index is 837. The molecule has 1 atom stereocenters. The summed E-state index contributed by atoms with van der Waals surface area (Å²) in [4.78, 5) is 38.8. The molecule has 0 aliphatic carbocycles. The van der Waals surface area contributed by atoms with E-state index in [1.807, 2.05) is 11.4 Å². The number of esters is 1. The van der Waals surface area contributed by atoms with E-state index in [-0.39, 0.29) is 24.3 Å². The van der Waals surface area contributed by atoms with E-state index >= 15 is 0 Å². The maximum absolute atomic E-state index is 12.7. The Kier molecular flexibility index (Phi) is 6.65. The average molecular weight is 402 g/mol. The SMILES string of the molecule is COC(=O)COc1cccc(NC(=O)C2CCCN(C(=O)c3cccs3)C2)c1. The number of likely N-dealkylation sites (tertiary alicyclic amines) is 1. The number of methoxy groups -OCH3 is 1. The molecular weight excluding hydrogens is 380 g/mol. The number of piperidine rings is 1. The van der Waals surface area contributed by atoms with E-state index in [0.717, 1.165) is 12.8 Å². The molecule has 1 aromatic carbocycles. The Morgan fingerprint density at radius 3 is 2.86 bits per heavy atom. The third-order valence-electron chi connectivity index (χ3n) is 4.50. The molecule has 2 heterocycles. The standard InChI is InChI=1S/C20H22N2O5S/c1-26-18(23)13-27-16-7-2-6-15(11-16)21-19(24)14-5-3-9-22(12-14)20(25)17-8-4-10-28-17/h2,4,6-8,10-11,14H,3,5,9,12-13H2,1H3,(H,21,24). The molecule has 1 fully saturated rings. The van der Waals surface area contributed by atoms with Gasteiger partial charge in [0, 0.05) is 24.8 Å². The van der Waals surface area contributed by atoms with Crippen molar-refractivity contribution in [3.63, 3.8) is 0 Å². The fraction of sp³-hybridized carbons (Fsp3) is 0.350. The largest absolute Gasteiger partial charge is 0.482 e. The zero-order valence-electron chi connectivity index (χ0n) is 15.6. The van der Waals surface area contributed by atoms with Gasteiger partial charge in [-0.2, -0.15) is 0 Å². The third kappa shape index (κ3) is 5.10. The summed E-state index contributed by atoms with van der Waals surface area (Å²) in [5, 5.41) is 4.75. The van der Waals surface area contributed by atoms with Crippen molar-refractivity contribution in [2.24, 2.45) is 5.92 Å². The molecule has 1 aromatic heterocycles. The molecule has 0 spiro atoms. The first kappa shape index (κ1) is 19.9. The van der Waals surface area contributed by atoms with Crippen LogP contribution in [-0.4, -0.2) is 49.5 Å². The van der Waals surface area contributed by atoms with Crippen molar-refractivity contribution >= 4 is 34.8 Å². The van der Waals surface area contributed by atoms with Crippen molar-refractivity contribution < 1.29 is 23.9 Å². The highest BCUT2D eigenvalue weighted by Gasteiger charge is 2.29. The molecule has 8 heteroatoms. The molecule has 1 saturated heterocycles. The maximum atomic E-state index is 12.7. The van der Waals surface area contributed by atoms with Crippen LogP contribution in [0.3, 0.4) is 0 Å². The Balaban J connectivity index is 1.58. The van der Waals surface area contributed by atoms with E-state index in [1.54, 1.807) is 35.2 Å². The van der Waals surface area contributed by atoms with Gasteiger partial charge in [-0.3, -0.25) is 9.59 Å². The van der Waals surface area contributed by atoms with Gasteiger partial charge in [0.15, 0.2) is 6.61 Å². The molecule has 3 rings (SSSR count). The van der Waals surface area contributed by atoms with Crippen LogP contribution in [-0.2, 0) is 14.3 Å². The minimum absolute atomic E-state index is 0.0225. The minimum Gasteiger partial charge on any atom is -0.482 e. The van der Waals surface area contributed by atoms with Gasteiger partial charge >= 0.3 is 5.97 Å². The van der Waals surface area contributed by atoms with E-state index in [4.69, 9.17) is 4.74 Å². The third-order valence-corrected chi connectivity index (χ3v) is 5.36. The van der Waals surface area contributed by atoms with Gasteiger partial charge < -0.3 is 19.7 Å². The Labute approximate surface area is 167 Å². The number of nitrogens with one attached hydrogen (secondary N) is 1. The van der Waals surface area contributed by atoms with Crippen molar-refractivity contribution in [1.29, 1.82) is 0 Å². The summed E-state index contributed by atoms with van der Waals surface area (Å²) in [6.45, 7) is 0.870. The average Bonchev–Trinajstić information content (AvgIpc) is 3.26. The lowest BCUT2D eigenvalue weighted by Crippen LogP contribution is -2.43. The topological polar surface area (TPSA) is 84.9 Å². The van der Waals surface area contributed by atoms with Crippen LogP contribution in [0.5, 0.6) is 5.75 Å². The summed E-state index contributed by atoms with van der Waals surface area (Å²) in [6.07, 6.45) is 1.52. The molecule has 28 heavy (non-hydrogen) atoms. The lowest BCUT2D eigenvalue weighted by atomic mass is 9.97. The number of nitrogens with zero attached hydrogens (tertiary/aromatic N) is 1. The van der Waals surface area contributed by atoms with Gasteiger partial charge in [-0.05, 0) is 36.4 Å². The number of anilines is 1. The number of rotatable bonds is 6. The second kappa shape index (κ2) is 9.36. The molecule has 7 nitrogen and oxygen atoms in total. The van der Waals surface area contributed by atoms with Crippen LogP contribution in [0.4, 0.5) is 5.69 Å². The summed E-state index contributed by atoms with van der Waals surface area (Å²) in [7, 11) is 1.29. The van der Waals surface area contributed by atoms with Gasteiger partial charge in [-0.15, -0.1) is 11.3 Å². The molecule has 0 radical (unpaired) electrons. The van der Waals surface area contributed by atoms with Crippen LogP contribution in [0.2, 0.25) is 0 Å². The fourth-order valence-corrected chi connectivity index (χ4v) is 3.73. The van der Waals surface area contributed by atoms with E-state index in [9.17, 15) is 14.4 Å². The number of hydrogen-bond acceptors (Lipinski definition) is 6. The molecule has 2 aromatic rings. The quantitative estimate of drug-likeness (QED) is 0.751. The van der Waals surface area contributed by atoms with Crippen LogP contribution in [0.15, 0.2) is 41.8 Å². The first-order valence-electron chi connectivity index (χ1n) is 9.00. The highest BCUT2D eigenvalue weighted by molar-refractivity contribution is 7.12. The number of amides is 2. The molecule has 1 N–H and O–H groups in total. The predicted octanol–water partition coefficient (Wildman–Crippen LogP) is 2.79.